The van der Waals surface area contributed by atoms with Gasteiger partial charge in [-0.05, 0) is 25.7 Å². The minimum absolute atomic E-state index is 0.0550. The van der Waals surface area contributed by atoms with Crippen LogP contribution in [0, 0.1) is 0 Å². The van der Waals surface area contributed by atoms with Crippen LogP contribution in [0.3, 0.4) is 0 Å². The zero-order valence-corrected chi connectivity index (χ0v) is 10.6. The first-order valence-corrected chi connectivity index (χ1v) is 7.87. The van der Waals surface area contributed by atoms with Gasteiger partial charge < -0.3 is 5.73 Å². The maximum Gasteiger partial charge on any atom is 0.217 e. The molecule has 2 N–H and O–H groups in total. The van der Waals surface area contributed by atoms with Crippen molar-refractivity contribution in [1.82, 2.24) is 4.31 Å². The molecule has 1 unspecified atom stereocenters. The molecule has 94 valence electrons. The number of rotatable bonds is 3. The largest absolute Gasteiger partial charge is 0.329 e. The van der Waals surface area contributed by atoms with Crippen LogP contribution < -0.4 is 5.73 Å². The van der Waals surface area contributed by atoms with Gasteiger partial charge in [0.2, 0.25) is 10.0 Å². The third-order valence-corrected chi connectivity index (χ3v) is 6.34. The third kappa shape index (κ3) is 2.26. The molecule has 1 heterocycles. The summed E-state index contributed by atoms with van der Waals surface area (Å²) in [6.07, 6.45) is 6.84. The van der Waals surface area contributed by atoms with Gasteiger partial charge in [-0.3, -0.25) is 0 Å². The summed E-state index contributed by atoms with van der Waals surface area (Å²) in [5, 5.41) is -0.125. The molecule has 4 nitrogen and oxygen atoms in total. The van der Waals surface area contributed by atoms with Crippen molar-refractivity contribution in [2.75, 3.05) is 13.1 Å². The molecule has 1 aliphatic heterocycles. The predicted molar refractivity (Wildman–Crippen MR) is 64.6 cm³/mol. The van der Waals surface area contributed by atoms with Crippen molar-refractivity contribution in [3.63, 3.8) is 0 Å². The van der Waals surface area contributed by atoms with E-state index in [2.05, 4.69) is 0 Å². The zero-order chi connectivity index (χ0) is 11.6. The summed E-state index contributed by atoms with van der Waals surface area (Å²) < 4.78 is 26.6. The predicted octanol–water partition coefficient (Wildman–Crippen LogP) is 1.07. The fraction of sp³-hybridized carbons (Fsp3) is 1.00. The average molecular weight is 246 g/mol. The average Bonchev–Trinajstić information content (AvgIpc) is 2.83. The number of sulfonamides is 1. The molecule has 0 radical (unpaired) electrons. The van der Waals surface area contributed by atoms with Gasteiger partial charge in [0, 0.05) is 19.1 Å². The van der Waals surface area contributed by atoms with Gasteiger partial charge in [-0.15, -0.1) is 0 Å². The zero-order valence-electron chi connectivity index (χ0n) is 9.77. The van der Waals surface area contributed by atoms with Crippen LogP contribution in [0.5, 0.6) is 0 Å². The van der Waals surface area contributed by atoms with Crippen LogP contribution in [0.15, 0.2) is 0 Å². The van der Waals surface area contributed by atoms with E-state index >= 15 is 0 Å². The van der Waals surface area contributed by atoms with Crippen LogP contribution >= 0.6 is 0 Å². The monoisotopic (exact) mass is 246 g/mol. The molecule has 0 amide bonds. The van der Waals surface area contributed by atoms with E-state index in [4.69, 9.17) is 5.73 Å². The van der Waals surface area contributed by atoms with Gasteiger partial charge in [0.15, 0.2) is 0 Å². The first kappa shape index (κ1) is 12.3. The lowest BCUT2D eigenvalue weighted by Gasteiger charge is -2.35. The molecule has 2 fully saturated rings. The number of hydrogen-bond donors (Lipinski definition) is 1. The van der Waals surface area contributed by atoms with Crippen LogP contribution in [0.25, 0.3) is 0 Å². The molecule has 1 atom stereocenters. The van der Waals surface area contributed by atoms with Crippen molar-refractivity contribution in [3.8, 4) is 0 Å². The summed E-state index contributed by atoms with van der Waals surface area (Å²) in [6, 6.07) is 0.0550. The molecule has 16 heavy (non-hydrogen) atoms. The second-order valence-corrected chi connectivity index (χ2v) is 7.11. The Morgan fingerprint density at radius 3 is 2.31 bits per heavy atom. The van der Waals surface area contributed by atoms with Crippen molar-refractivity contribution >= 4 is 10.0 Å². The maximum atomic E-state index is 12.4. The van der Waals surface area contributed by atoms with E-state index < -0.39 is 10.0 Å². The highest BCUT2D eigenvalue weighted by Crippen LogP contribution is 2.30. The van der Waals surface area contributed by atoms with Gasteiger partial charge in [-0.2, -0.15) is 4.31 Å². The van der Waals surface area contributed by atoms with Crippen molar-refractivity contribution < 1.29 is 8.42 Å². The van der Waals surface area contributed by atoms with Gasteiger partial charge in [0.25, 0.3) is 0 Å². The minimum atomic E-state index is -3.07. The van der Waals surface area contributed by atoms with E-state index in [-0.39, 0.29) is 11.3 Å². The summed E-state index contributed by atoms with van der Waals surface area (Å²) >= 11 is 0. The highest BCUT2D eigenvalue weighted by molar-refractivity contribution is 7.89. The second kappa shape index (κ2) is 5.02. The van der Waals surface area contributed by atoms with Crippen LogP contribution in [-0.2, 0) is 10.0 Å². The second-order valence-electron chi connectivity index (χ2n) is 4.95. The fourth-order valence-corrected chi connectivity index (χ4v) is 5.22. The number of nitrogens with zero attached hydrogens (tertiary/aromatic N) is 1. The van der Waals surface area contributed by atoms with E-state index in [1.165, 1.54) is 0 Å². The Hall–Kier alpha value is -0.130. The Morgan fingerprint density at radius 2 is 1.69 bits per heavy atom. The van der Waals surface area contributed by atoms with Gasteiger partial charge in [-0.1, -0.05) is 19.3 Å². The Morgan fingerprint density at radius 1 is 1.06 bits per heavy atom. The fourth-order valence-electron chi connectivity index (χ4n) is 2.92. The van der Waals surface area contributed by atoms with E-state index in [0.717, 1.165) is 44.9 Å². The van der Waals surface area contributed by atoms with Crippen molar-refractivity contribution in [1.29, 1.82) is 0 Å². The quantitative estimate of drug-likeness (QED) is 0.810. The Labute approximate surface area is 98.2 Å². The standard InChI is InChI=1S/C11H22N2O2S/c12-9-10-5-3-4-8-13(10)16(14,15)11-6-1-2-7-11/h10-11H,1-9,12H2. The summed E-state index contributed by atoms with van der Waals surface area (Å²) in [7, 11) is -3.07. The lowest BCUT2D eigenvalue weighted by atomic mass is 10.1. The van der Waals surface area contributed by atoms with Crippen molar-refractivity contribution in [2.45, 2.75) is 56.2 Å². The Bertz CT molecular complexity index is 323. The van der Waals surface area contributed by atoms with Gasteiger partial charge >= 0.3 is 0 Å². The molecule has 2 rings (SSSR count). The lowest BCUT2D eigenvalue weighted by Crippen LogP contribution is -2.50. The highest BCUT2D eigenvalue weighted by Gasteiger charge is 2.38. The molecule has 5 heteroatoms. The first-order chi connectivity index (χ1) is 7.66. The summed E-state index contributed by atoms with van der Waals surface area (Å²) in [4.78, 5) is 0. The lowest BCUT2D eigenvalue weighted by molar-refractivity contribution is 0.255. The van der Waals surface area contributed by atoms with Gasteiger partial charge in [0.05, 0.1) is 5.25 Å². The van der Waals surface area contributed by atoms with Gasteiger partial charge in [0.1, 0.15) is 0 Å². The first-order valence-electron chi connectivity index (χ1n) is 6.37. The van der Waals surface area contributed by atoms with E-state index in [9.17, 15) is 8.42 Å². The topological polar surface area (TPSA) is 63.4 Å². The smallest absolute Gasteiger partial charge is 0.217 e. The minimum Gasteiger partial charge on any atom is -0.329 e. The molecule has 1 saturated carbocycles. The molecule has 1 saturated heterocycles. The van der Waals surface area contributed by atoms with Crippen LogP contribution in [-0.4, -0.2) is 37.1 Å². The Balaban J connectivity index is 2.13. The molecular weight excluding hydrogens is 224 g/mol. The molecular formula is C11H22N2O2S. The normalized spacial score (nSPS) is 29.7. The van der Waals surface area contributed by atoms with Crippen LogP contribution in [0.2, 0.25) is 0 Å². The number of nitrogens with two attached hydrogens (primary N) is 1. The molecule has 0 aromatic carbocycles. The van der Waals surface area contributed by atoms with Crippen molar-refractivity contribution in [2.24, 2.45) is 5.73 Å². The maximum absolute atomic E-state index is 12.4. The molecule has 2 aliphatic rings. The third-order valence-electron chi connectivity index (χ3n) is 3.90. The van der Waals surface area contributed by atoms with Crippen LogP contribution in [0.1, 0.15) is 44.9 Å². The molecule has 1 aliphatic carbocycles. The molecule has 0 bridgehead atoms. The molecule has 0 aromatic rings. The van der Waals surface area contributed by atoms with E-state index in [1.807, 2.05) is 0 Å². The van der Waals surface area contributed by atoms with E-state index in [1.54, 1.807) is 4.31 Å². The summed E-state index contributed by atoms with van der Waals surface area (Å²) in [6.45, 7) is 1.15. The highest BCUT2D eigenvalue weighted by atomic mass is 32.2. The van der Waals surface area contributed by atoms with Crippen molar-refractivity contribution in [3.05, 3.63) is 0 Å². The molecule has 0 aromatic heterocycles. The summed E-state index contributed by atoms with van der Waals surface area (Å²) in [5.74, 6) is 0. The van der Waals surface area contributed by atoms with Crippen LogP contribution in [0.4, 0.5) is 0 Å². The van der Waals surface area contributed by atoms with E-state index in [0.29, 0.717) is 13.1 Å². The SMILES string of the molecule is NCC1CCCCN1S(=O)(=O)C1CCCC1. The Kier molecular flexibility index (Phi) is 3.87. The van der Waals surface area contributed by atoms with Gasteiger partial charge in [-0.25, -0.2) is 8.42 Å². The summed E-state index contributed by atoms with van der Waals surface area (Å²) in [5.41, 5.74) is 5.68. The number of hydrogen-bond acceptors (Lipinski definition) is 3. The molecule has 0 spiro atoms. The number of piperidine rings is 1.